The quantitative estimate of drug-likeness (QED) is 0.671. The van der Waals surface area contributed by atoms with Crippen LogP contribution < -0.4 is 4.72 Å². The van der Waals surface area contributed by atoms with Crippen LogP contribution in [0.1, 0.15) is 10.6 Å². The molecule has 0 aliphatic rings. The topological polar surface area (TPSA) is 59.1 Å². The van der Waals surface area contributed by atoms with Crippen LogP contribution in [0.3, 0.4) is 0 Å². The number of nitrogens with one attached hydrogen (secondary N) is 1. The highest BCUT2D eigenvalue weighted by Crippen LogP contribution is 2.28. The van der Waals surface area contributed by atoms with Gasteiger partial charge < -0.3 is 0 Å². The van der Waals surface area contributed by atoms with Crippen LogP contribution >= 0.6 is 34.3 Å². The summed E-state index contributed by atoms with van der Waals surface area (Å²) in [5.74, 6) is 0. The second-order valence-electron chi connectivity index (χ2n) is 5.10. The van der Waals surface area contributed by atoms with E-state index in [1.807, 2.05) is 37.3 Å². The molecule has 3 rings (SSSR count). The number of nitrogens with zero attached hydrogens (tertiary/aromatic N) is 1. The molecule has 0 unspecified atom stereocenters. The van der Waals surface area contributed by atoms with Crippen LogP contribution in [-0.2, 0) is 16.4 Å². The third-order valence-electron chi connectivity index (χ3n) is 3.37. The zero-order valence-electron chi connectivity index (χ0n) is 12.8. The monoisotopic (exact) mass is 398 g/mol. The van der Waals surface area contributed by atoms with Gasteiger partial charge in [-0.15, -0.1) is 22.7 Å². The number of hydrogen-bond acceptors (Lipinski definition) is 5. The Balaban J connectivity index is 1.66. The van der Waals surface area contributed by atoms with Gasteiger partial charge in [0.15, 0.2) is 0 Å². The zero-order valence-corrected chi connectivity index (χ0v) is 16.0. The fourth-order valence-corrected chi connectivity index (χ4v) is 5.80. The van der Waals surface area contributed by atoms with Gasteiger partial charge in [-0.25, -0.2) is 18.1 Å². The van der Waals surface area contributed by atoms with E-state index in [2.05, 4.69) is 9.71 Å². The number of halogens is 1. The highest BCUT2D eigenvalue weighted by Gasteiger charge is 2.17. The molecule has 4 nitrogen and oxygen atoms in total. The minimum absolute atomic E-state index is 0.235. The average molecular weight is 399 g/mol. The summed E-state index contributed by atoms with van der Waals surface area (Å²) in [6.45, 7) is 2.28. The number of aromatic nitrogens is 1. The van der Waals surface area contributed by atoms with E-state index in [9.17, 15) is 8.42 Å². The molecule has 0 radical (unpaired) electrons. The lowest BCUT2D eigenvalue weighted by Crippen LogP contribution is -2.25. The van der Waals surface area contributed by atoms with Gasteiger partial charge in [0.05, 0.1) is 10.0 Å². The summed E-state index contributed by atoms with van der Waals surface area (Å²) in [5.41, 5.74) is 2.02. The van der Waals surface area contributed by atoms with Crippen molar-refractivity contribution in [3.63, 3.8) is 0 Å². The molecule has 8 heteroatoms. The van der Waals surface area contributed by atoms with Crippen LogP contribution in [0.5, 0.6) is 0 Å². The van der Waals surface area contributed by atoms with Gasteiger partial charge in [-0.3, -0.25) is 0 Å². The summed E-state index contributed by atoms with van der Waals surface area (Å²) in [4.78, 5) is 5.67. The number of benzene rings is 1. The lowest BCUT2D eigenvalue weighted by molar-refractivity contribution is 0.584. The predicted octanol–water partition coefficient (Wildman–Crippen LogP) is 4.35. The lowest BCUT2D eigenvalue weighted by atomic mass is 10.2. The first-order chi connectivity index (χ1) is 11.5. The molecule has 0 aliphatic heterocycles. The summed E-state index contributed by atoms with van der Waals surface area (Å²) >= 11 is 8.45. The van der Waals surface area contributed by atoms with E-state index in [1.165, 1.54) is 6.07 Å². The molecule has 126 valence electrons. The second kappa shape index (κ2) is 7.33. The molecule has 1 N–H and O–H groups in total. The maximum atomic E-state index is 12.2. The second-order valence-corrected chi connectivity index (χ2v) is 9.89. The minimum atomic E-state index is -3.50. The third-order valence-corrected chi connectivity index (χ3v) is 7.82. The highest BCUT2D eigenvalue weighted by molar-refractivity contribution is 7.91. The van der Waals surface area contributed by atoms with Gasteiger partial charge in [0.2, 0.25) is 10.0 Å². The standard InChI is InChI=1S/C16H15ClN2O2S3/c1-11-13(22-16(19-11)12-5-3-2-4-6-12)9-10-18-24(20,21)15-8-7-14(17)23-15/h2-8,18H,9-10H2,1H3. The fraction of sp³-hybridized carbons (Fsp3) is 0.188. The van der Waals surface area contributed by atoms with Crippen molar-refractivity contribution >= 4 is 44.3 Å². The number of sulfonamides is 1. The Morgan fingerprint density at radius 1 is 1.12 bits per heavy atom. The minimum Gasteiger partial charge on any atom is -0.241 e. The maximum Gasteiger partial charge on any atom is 0.250 e. The Kier molecular flexibility index (Phi) is 5.36. The maximum absolute atomic E-state index is 12.2. The lowest BCUT2D eigenvalue weighted by Gasteiger charge is -2.03. The van der Waals surface area contributed by atoms with Crippen molar-refractivity contribution in [2.24, 2.45) is 0 Å². The summed E-state index contributed by atoms with van der Waals surface area (Å²) in [5, 5.41) is 0.955. The predicted molar refractivity (Wildman–Crippen MR) is 101 cm³/mol. The van der Waals surface area contributed by atoms with E-state index >= 15 is 0 Å². The highest BCUT2D eigenvalue weighted by atomic mass is 35.5. The smallest absolute Gasteiger partial charge is 0.241 e. The molecule has 0 saturated carbocycles. The summed E-state index contributed by atoms with van der Waals surface area (Å²) in [6, 6.07) is 13.1. The van der Waals surface area contributed by atoms with Crippen molar-refractivity contribution < 1.29 is 8.42 Å². The van der Waals surface area contributed by atoms with E-state index in [0.29, 0.717) is 17.3 Å². The molecule has 0 atom stereocenters. The van der Waals surface area contributed by atoms with Gasteiger partial charge in [0, 0.05) is 17.0 Å². The molecule has 0 fully saturated rings. The Morgan fingerprint density at radius 3 is 2.54 bits per heavy atom. The molecule has 1 aromatic carbocycles. The van der Waals surface area contributed by atoms with E-state index in [1.54, 1.807) is 17.4 Å². The first-order valence-corrected chi connectivity index (χ1v) is 10.7. The molecule has 3 aromatic rings. The van der Waals surface area contributed by atoms with Crippen molar-refractivity contribution in [1.82, 2.24) is 9.71 Å². The summed E-state index contributed by atoms with van der Waals surface area (Å²) < 4.78 is 27.7. The van der Waals surface area contributed by atoms with Gasteiger partial charge in [0.25, 0.3) is 0 Å². The van der Waals surface area contributed by atoms with Crippen LogP contribution in [0.4, 0.5) is 0 Å². The van der Waals surface area contributed by atoms with Crippen LogP contribution in [0.25, 0.3) is 10.6 Å². The first-order valence-electron chi connectivity index (χ1n) is 7.22. The number of aryl methyl sites for hydroxylation is 1. The summed E-state index contributed by atoms with van der Waals surface area (Å²) in [6.07, 6.45) is 0.606. The Morgan fingerprint density at radius 2 is 1.88 bits per heavy atom. The molecule has 0 saturated heterocycles. The molecule has 0 amide bonds. The van der Waals surface area contributed by atoms with Crippen molar-refractivity contribution in [2.45, 2.75) is 17.6 Å². The van der Waals surface area contributed by atoms with Gasteiger partial charge in [-0.05, 0) is 25.5 Å². The van der Waals surface area contributed by atoms with E-state index < -0.39 is 10.0 Å². The van der Waals surface area contributed by atoms with Gasteiger partial charge in [0.1, 0.15) is 9.22 Å². The number of thiazole rings is 1. The molecule has 0 spiro atoms. The summed E-state index contributed by atoms with van der Waals surface area (Å²) in [7, 11) is -3.50. The van der Waals surface area contributed by atoms with Crippen LogP contribution in [0, 0.1) is 6.92 Å². The SMILES string of the molecule is Cc1nc(-c2ccccc2)sc1CCNS(=O)(=O)c1ccc(Cl)s1. The van der Waals surface area contributed by atoms with Crippen LogP contribution in [-0.4, -0.2) is 19.9 Å². The van der Waals surface area contributed by atoms with Gasteiger partial charge in [-0.2, -0.15) is 0 Å². The van der Waals surface area contributed by atoms with Crippen molar-refractivity contribution in [1.29, 1.82) is 0 Å². The molecule has 24 heavy (non-hydrogen) atoms. The van der Waals surface area contributed by atoms with Crippen molar-refractivity contribution in [3.05, 3.63) is 57.4 Å². The van der Waals surface area contributed by atoms with Crippen LogP contribution in [0.2, 0.25) is 4.34 Å². The molecular weight excluding hydrogens is 384 g/mol. The third kappa shape index (κ3) is 4.04. The first kappa shape index (κ1) is 17.6. The Hall–Kier alpha value is -1.25. The average Bonchev–Trinajstić information content (AvgIpc) is 3.15. The molecule has 0 bridgehead atoms. The fourth-order valence-electron chi connectivity index (χ4n) is 2.18. The van der Waals surface area contributed by atoms with Crippen molar-refractivity contribution in [3.8, 4) is 10.6 Å². The molecule has 2 aromatic heterocycles. The Bertz CT molecular complexity index is 933. The van der Waals surface area contributed by atoms with E-state index in [4.69, 9.17) is 11.6 Å². The zero-order chi connectivity index (χ0) is 17.2. The van der Waals surface area contributed by atoms with E-state index in [0.717, 1.165) is 32.5 Å². The largest absolute Gasteiger partial charge is 0.250 e. The van der Waals surface area contributed by atoms with Crippen LogP contribution in [0.15, 0.2) is 46.7 Å². The number of thiophene rings is 1. The van der Waals surface area contributed by atoms with Crippen molar-refractivity contribution in [2.75, 3.05) is 6.54 Å². The Labute approximate surface area is 154 Å². The molecule has 2 heterocycles. The molecular formula is C16H15ClN2O2S3. The van der Waals surface area contributed by atoms with Gasteiger partial charge >= 0.3 is 0 Å². The molecule has 0 aliphatic carbocycles. The van der Waals surface area contributed by atoms with E-state index in [-0.39, 0.29) is 4.21 Å². The number of rotatable bonds is 6. The number of hydrogen-bond donors (Lipinski definition) is 1. The normalized spacial score (nSPS) is 11.8. The van der Waals surface area contributed by atoms with Gasteiger partial charge in [-0.1, -0.05) is 41.9 Å².